The van der Waals surface area contributed by atoms with Gasteiger partial charge < -0.3 is 10.0 Å². The van der Waals surface area contributed by atoms with Gasteiger partial charge in [-0.25, -0.2) is 0 Å². The van der Waals surface area contributed by atoms with E-state index >= 15 is 0 Å². The Morgan fingerprint density at radius 3 is 2.78 bits per heavy atom. The Kier molecular flexibility index (Phi) is 2.97. The van der Waals surface area contributed by atoms with Crippen molar-refractivity contribution in [2.45, 2.75) is 6.42 Å². The first-order chi connectivity index (χ1) is 8.72. The molecule has 0 bridgehead atoms. The Balaban J connectivity index is 1.96. The molecule has 0 fully saturated rings. The van der Waals surface area contributed by atoms with Crippen LogP contribution in [-0.2, 0) is 6.42 Å². The van der Waals surface area contributed by atoms with Crippen molar-refractivity contribution >= 4 is 34.0 Å². The molecule has 1 aliphatic carbocycles. The van der Waals surface area contributed by atoms with Crippen molar-refractivity contribution in [2.75, 3.05) is 25.1 Å². The van der Waals surface area contributed by atoms with E-state index in [-0.39, 0.29) is 6.61 Å². The highest BCUT2D eigenvalue weighted by Gasteiger charge is 2.25. The van der Waals surface area contributed by atoms with Crippen LogP contribution in [-0.4, -0.2) is 31.6 Å². The maximum Gasteiger partial charge on any atom is 0.160 e. The minimum atomic E-state index is 0.165. The maximum absolute atomic E-state index is 10.8. The van der Waals surface area contributed by atoms with E-state index in [1.165, 1.54) is 25.9 Å². The van der Waals surface area contributed by atoms with Crippen molar-refractivity contribution in [3.05, 3.63) is 28.1 Å². The normalized spacial score (nSPS) is 12.3. The number of rotatable bonds is 4. The number of aliphatic hydroxyl groups excluding tert-OH is 1. The van der Waals surface area contributed by atoms with Gasteiger partial charge in [0.1, 0.15) is 0 Å². The fourth-order valence-electron chi connectivity index (χ4n) is 2.22. The summed E-state index contributed by atoms with van der Waals surface area (Å²) in [7, 11) is 1.99. The Hall–Kier alpha value is -1.17. The molecule has 3 rings (SSSR count). The molecule has 2 aromatic rings. The average molecular weight is 279 g/mol. The molecule has 18 heavy (non-hydrogen) atoms. The molecule has 0 atom stereocenters. The van der Waals surface area contributed by atoms with Gasteiger partial charge in [0.2, 0.25) is 0 Å². The summed E-state index contributed by atoms with van der Waals surface area (Å²) in [5.74, 6) is 0. The average Bonchev–Trinajstić information content (AvgIpc) is 2.97. The van der Waals surface area contributed by atoms with E-state index in [0.717, 1.165) is 17.6 Å². The van der Waals surface area contributed by atoms with Crippen LogP contribution < -0.4 is 4.90 Å². The lowest BCUT2D eigenvalue weighted by Gasteiger charge is -2.14. The van der Waals surface area contributed by atoms with Crippen LogP contribution in [0, 0.1) is 0 Å². The van der Waals surface area contributed by atoms with Crippen molar-refractivity contribution in [3.63, 3.8) is 0 Å². The number of hydrogen-bond donors (Lipinski definition) is 1. The predicted molar refractivity (Wildman–Crippen MR) is 76.2 cm³/mol. The lowest BCUT2D eigenvalue weighted by atomic mass is 10.2. The van der Waals surface area contributed by atoms with Crippen molar-refractivity contribution in [3.8, 4) is 9.75 Å². The SMILES string of the molecule is CN(CCO)c1cc2c(s1)-c1sc(C=O)cc1C2. The Labute approximate surface area is 113 Å². The lowest BCUT2D eigenvalue weighted by Crippen LogP contribution is -2.19. The molecular weight excluding hydrogens is 266 g/mol. The summed E-state index contributed by atoms with van der Waals surface area (Å²) in [6.45, 7) is 0.814. The highest BCUT2D eigenvalue weighted by atomic mass is 32.1. The summed E-state index contributed by atoms with van der Waals surface area (Å²) in [5.41, 5.74) is 2.62. The van der Waals surface area contributed by atoms with Gasteiger partial charge in [-0.2, -0.15) is 0 Å². The first-order valence-corrected chi connectivity index (χ1v) is 7.39. The molecular formula is C13H13NO2S2. The molecule has 0 amide bonds. The van der Waals surface area contributed by atoms with Crippen LogP contribution in [0.15, 0.2) is 12.1 Å². The van der Waals surface area contributed by atoms with Crippen LogP contribution in [0.3, 0.4) is 0 Å². The monoisotopic (exact) mass is 279 g/mol. The van der Waals surface area contributed by atoms with E-state index < -0.39 is 0 Å². The third-order valence-electron chi connectivity index (χ3n) is 3.14. The first kappa shape index (κ1) is 11.9. The standard InChI is InChI=1S/C13H13NO2S2/c1-14(2-3-15)11-6-9-4-8-5-10(7-16)17-12(8)13(9)18-11/h5-7,15H,2-4H2,1H3. The molecule has 1 N–H and O–H groups in total. The van der Waals surface area contributed by atoms with E-state index in [9.17, 15) is 4.79 Å². The molecule has 1 aliphatic rings. The highest BCUT2D eigenvalue weighted by molar-refractivity contribution is 7.25. The van der Waals surface area contributed by atoms with Crippen LogP contribution in [0.25, 0.3) is 9.75 Å². The number of thiophene rings is 2. The fourth-order valence-corrected chi connectivity index (χ4v) is 4.59. The van der Waals surface area contributed by atoms with E-state index in [1.54, 1.807) is 22.7 Å². The van der Waals surface area contributed by atoms with E-state index in [0.29, 0.717) is 6.54 Å². The fraction of sp³-hybridized carbons (Fsp3) is 0.308. The van der Waals surface area contributed by atoms with Crippen molar-refractivity contribution in [2.24, 2.45) is 0 Å². The minimum Gasteiger partial charge on any atom is -0.395 e. The summed E-state index contributed by atoms with van der Waals surface area (Å²) in [6, 6.07) is 4.19. The molecule has 2 heterocycles. The summed E-state index contributed by atoms with van der Waals surface area (Å²) in [5, 5.41) is 10.1. The smallest absolute Gasteiger partial charge is 0.160 e. The van der Waals surface area contributed by atoms with Crippen LogP contribution >= 0.6 is 22.7 Å². The zero-order valence-corrected chi connectivity index (χ0v) is 11.6. The summed E-state index contributed by atoms with van der Waals surface area (Å²) in [6.07, 6.45) is 1.85. The third kappa shape index (κ3) is 1.79. The van der Waals surface area contributed by atoms with Crippen LogP contribution in [0.4, 0.5) is 5.00 Å². The van der Waals surface area contributed by atoms with Gasteiger partial charge in [-0.1, -0.05) is 0 Å². The molecule has 0 saturated carbocycles. The van der Waals surface area contributed by atoms with Crippen LogP contribution in [0.2, 0.25) is 0 Å². The molecule has 0 aliphatic heterocycles. The number of carbonyl (C=O) groups is 1. The van der Waals surface area contributed by atoms with Crippen LogP contribution in [0.5, 0.6) is 0 Å². The van der Waals surface area contributed by atoms with Gasteiger partial charge in [-0.15, -0.1) is 22.7 Å². The van der Waals surface area contributed by atoms with Gasteiger partial charge in [0.05, 0.1) is 21.4 Å². The minimum absolute atomic E-state index is 0.165. The predicted octanol–water partition coefficient (Wildman–Crippen LogP) is 2.62. The second-order valence-electron chi connectivity index (χ2n) is 4.38. The summed E-state index contributed by atoms with van der Waals surface area (Å²) >= 11 is 3.32. The third-order valence-corrected chi connectivity index (χ3v) is 5.70. The number of aldehydes is 1. The van der Waals surface area contributed by atoms with Crippen molar-refractivity contribution in [1.82, 2.24) is 0 Å². The number of hydrogen-bond acceptors (Lipinski definition) is 5. The Bertz CT molecular complexity index is 600. The summed E-state index contributed by atoms with van der Waals surface area (Å²) in [4.78, 5) is 16.2. The highest BCUT2D eigenvalue weighted by Crippen LogP contribution is 2.48. The van der Waals surface area contributed by atoms with Crippen molar-refractivity contribution < 1.29 is 9.90 Å². The zero-order valence-electron chi connectivity index (χ0n) is 9.97. The molecule has 2 aromatic heterocycles. The van der Waals surface area contributed by atoms with E-state index in [1.807, 2.05) is 13.1 Å². The Morgan fingerprint density at radius 2 is 2.06 bits per heavy atom. The molecule has 0 saturated heterocycles. The molecule has 0 unspecified atom stereocenters. The van der Waals surface area contributed by atoms with Gasteiger partial charge in [0.25, 0.3) is 0 Å². The van der Waals surface area contributed by atoms with Gasteiger partial charge in [-0.05, 0) is 23.3 Å². The molecule has 3 nitrogen and oxygen atoms in total. The number of likely N-dealkylation sites (N-methyl/N-ethyl adjacent to an activating group) is 1. The topological polar surface area (TPSA) is 40.5 Å². The molecule has 0 radical (unpaired) electrons. The summed E-state index contributed by atoms with van der Waals surface area (Å²) < 4.78 is 0. The second kappa shape index (κ2) is 4.50. The molecule has 0 aromatic carbocycles. The van der Waals surface area contributed by atoms with Gasteiger partial charge >= 0.3 is 0 Å². The maximum atomic E-state index is 10.8. The zero-order chi connectivity index (χ0) is 12.7. The molecule has 94 valence electrons. The molecule has 5 heteroatoms. The van der Waals surface area contributed by atoms with Gasteiger partial charge in [0.15, 0.2) is 6.29 Å². The second-order valence-corrected chi connectivity index (χ2v) is 6.50. The number of fused-ring (bicyclic) bond motifs is 3. The van der Waals surface area contributed by atoms with Gasteiger partial charge in [0, 0.05) is 24.9 Å². The quantitative estimate of drug-likeness (QED) is 0.746. The van der Waals surface area contributed by atoms with E-state index in [2.05, 4.69) is 11.0 Å². The van der Waals surface area contributed by atoms with E-state index in [4.69, 9.17) is 5.11 Å². The number of aliphatic hydroxyl groups is 1. The largest absolute Gasteiger partial charge is 0.395 e. The Morgan fingerprint density at radius 1 is 1.33 bits per heavy atom. The van der Waals surface area contributed by atoms with Crippen LogP contribution in [0.1, 0.15) is 20.8 Å². The lowest BCUT2D eigenvalue weighted by molar-refractivity contribution is 0.112. The molecule has 0 spiro atoms. The number of anilines is 1. The first-order valence-electron chi connectivity index (χ1n) is 5.76. The van der Waals surface area contributed by atoms with Gasteiger partial charge in [-0.3, -0.25) is 4.79 Å². The number of carbonyl (C=O) groups excluding carboxylic acids is 1. The van der Waals surface area contributed by atoms with Crippen molar-refractivity contribution in [1.29, 1.82) is 0 Å². The number of nitrogens with zero attached hydrogens (tertiary/aromatic N) is 1.